The summed E-state index contributed by atoms with van der Waals surface area (Å²) >= 11 is 0. The molecule has 0 fully saturated rings. The lowest BCUT2D eigenvalue weighted by Gasteiger charge is -2.00. The lowest BCUT2D eigenvalue weighted by atomic mass is 10.5. The largest absolute Gasteiger partial charge is 0.377 e. The Labute approximate surface area is 90.3 Å². The van der Waals surface area contributed by atoms with E-state index in [0.717, 1.165) is 4.57 Å². The van der Waals surface area contributed by atoms with Crippen LogP contribution in [-0.4, -0.2) is 26.2 Å². The second-order valence-corrected chi connectivity index (χ2v) is 3.52. The molecule has 1 N–H and O–H groups in total. The van der Waals surface area contributed by atoms with E-state index in [0.29, 0.717) is 17.0 Å². The van der Waals surface area contributed by atoms with Crippen molar-refractivity contribution < 1.29 is 4.74 Å². The second-order valence-electron chi connectivity index (χ2n) is 3.52. The molecule has 0 spiro atoms. The molecule has 86 valence electrons. The number of imidazole rings is 1. The van der Waals surface area contributed by atoms with Crippen LogP contribution in [0.5, 0.6) is 0 Å². The van der Waals surface area contributed by atoms with Gasteiger partial charge in [0.1, 0.15) is 17.9 Å². The lowest BCUT2D eigenvalue weighted by Crippen LogP contribution is -2.36. The average Bonchev–Trinajstić information content (AvgIpc) is 2.68. The number of fused-ring (bicyclic) bond motifs is 1. The van der Waals surface area contributed by atoms with Crippen LogP contribution in [0.4, 0.5) is 0 Å². The van der Waals surface area contributed by atoms with Crippen LogP contribution in [0.1, 0.15) is 5.82 Å². The van der Waals surface area contributed by atoms with Crippen LogP contribution in [0.25, 0.3) is 11.2 Å². The van der Waals surface area contributed by atoms with Gasteiger partial charge in [-0.1, -0.05) is 0 Å². The molecule has 0 unspecified atom stereocenters. The van der Waals surface area contributed by atoms with Gasteiger partial charge in [-0.15, -0.1) is 0 Å². The van der Waals surface area contributed by atoms with Crippen molar-refractivity contribution >= 4 is 11.2 Å². The zero-order chi connectivity index (χ0) is 11.9. The third-order valence-corrected chi connectivity index (χ3v) is 2.42. The van der Waals surface area contributed by atoms with Gasteiger partial charge >= 0.3 is 5.69 Å². The van der Waals surface area contributed by atoms with Crippen LogP contribution in [0, 0.1) is 0 Å². The monoisotopic (exact) mass is 224 g/mol. The summed E-state index contributed by atoms with van der Waals surface area (Å²) in [4.78, 5) is 30.3. The van der Waals surface area contributed by atoms with Crippen molar-refractivity contribution in [1.82, 2.24) is 19.1 Å². The number of aromatic nitrogens is 4. The summed E-state index contributed by atoms with van der Waals surface area (Å²) in [6.07, 6.45) is 0. The first-order chi connectivity index (χ1) is 7.56. The highest BCUT2D eigenvalue weighted by Crippen LogP contribution is 2.04. The number of nitrogens with one attached hydrogen (secondary N) is 1. The third-order valence-electron chi connectivity index (χ3n) is 2.42. The van der Waals surface area contributed by atoms with Gasteiger partial charge in [0.25, 0.3) is 5.56 Å². The number of rotatable bonds is 2. The Morgan fingerprint density at radius 2 is 2.00 bits per heavy atom. The summed E-state index contributed by atoms with van der Waals surface area (Å²) in [6, 6.07) is 0. The zero-order valence-corrected chi connectivity index (χ0v) is 9.27. The van der Waals surface area contributed by atoms with Gasteiger partial charge in [0.05, 0.1) is 0 Å². The molecule has 0 aliphatic rings. The molecular weight excluding hydrogens is 212 g/mol. The SMILES string of the molecule is COCc1nc2c([nH]1)c(=O)n(C)c(=O)n2C. The number of aromatic amines is 1. The second kappa shape index (κ2) is 3.60. The smallest absolute Gasteiger partial charge is 0.332 e. The van der Waals surface area contributed by atoms with Gasteiger partial charge in [0, 0.05) is 21.2 Å². The average molecular weight is 224 g/mol. The summed E-state index contributed by atoms with van der Waals surface area (Å²) in [5.41, 5.74) is -0.113. The van der Waals surface area contributed by atoms with Crippen molar-refractivity contribution in [3.8, 4) is 0 Å². The predicted molar refractivity (Wildman–Crippen MR) is 57.3 cm³/mol. The molecule has 0 bridgehead atoms. The van der Waals surface area contributed by atoms with Crippen LogP contribution in [0.3, 0.4) is 0 Å². The Balaban J connectivity index is 2.87. The Morgan fingerprint density at radius 3 is 2.62 bits per heavy atom. The summed E-state index contributed by atoms with van der Waals surface area (Å²) in [6.45, 7) is 0.270. The van der Waals surface area contributed by atoms with Crippen molar-refractivity contribution in [2.75, 3.05) is 7.11 Å². The fourth-order valence-corrected chi connectivity index (χ4v) is 1.58. The van der Waals surface area contributed by atoms with E-state index < -0.39 is 5.69 Å². The number of methoxy groups -OCH3 is 1. The van der Waals surface area contributed by atoms with E-state index in [-0.39, 0.29) is 12.2 Å². The topological polar surface area (TPSA) is 81.9 Å². The Kier molecular flexibility index (Phi) is 2.39. The van der Waals surface area contributed by atoms with Crippen molar-refractivity contribution in [2.24, 2.45) is 14.1 Å². The van der Waals surface area contributed by atoms with E-state index in [1.165, 1.54) is 18.7 Å². The third kappa shape index (κ3) is 1.36. The minimum atomic E-state index is -0.395. The van der Waals surface area contributed by atoms with E-state index in [1.807, 2.05) is 0 Å². The zero-order valence-electron chi connectivity index (χ0n) is 9.27. The first kappa shape index (κ1) is 10.6. The standard InChI is InChI=1S/C9H12N4O3/c1-12-7-6(8(14)13(2)9(12)15)10-5(11-7)4-16-3/h4H2,1-3H3,(H,10,11). The van der Waals surface area contributed by atoms with E-state index in [1.54, 1.807) is 7.05 Å². The van der Waals surface area contributed by atoms with Crippen LogP contribution in [0.2, 0.25) is 0 Å². The maximum atomic E-state index is 11.8. The fraction of sp³-hybridized carbons (Fsp3) is 0.444. The van der Waals surface area contributed by atoms with E-state index in [2.05, 4.69) is 9.97 Å². The van der Waals surface area contributed by atoms with Gasteiger partial charge in [-0.2, -0.15) is 0 Å². The molecule has 7 heteroatoms. The van der Waals surface area contributed by atoms with Crippen molar-refractivity contribution in [3.05, 3.63) is 26.7 Å². The first-order valence-electron chi connectivity index (χ1n) is 4.69. The summed E-state index contributed by atoms with van der Waals surface area (Å²) < 4.78 is 7.27. The number of nitrogens with zero attached hydrogens (tertiary/aromatic N) is 3. The lowest BCUT2D eigenvalue weighted by molar-refractivity contribution is 0.179. The van der Waals surface area contributed by atoms with Gasteiger partial charge < -0.3 is 9.72 Å². The number of aryl methyl sites for hydroxylation is 1. The molecule has 2 aromatic rings. The van der Waals surface area contributed by atoms with Crippen molar-refractivity contribution in [1.29, 1.82) is 0 Å². The maximum absolute atomic E-state index is 11.8. The molecule has 0 saturated heterocycles. The molecule has 2 rings (SSSR count). The van der Waals surface area contributed by atoms with Crippen LogP contribution in [0.15, 0.2) is 9.59 Å². The maximum Gasteiger partial charge on any atom is 0.332 e. The molecule has 2 aromatic heterocycles. The van der Waals surface area contributed by atoms with Crippen LogP contribution < -0.4 is 11.2 Å². The Hall–Kier alpha value is -1.89. The molecule has 16 heavy (non-hydrogen) atoms. The minimum Gasteiger partial charge on any atom is -0.377 e. The Morgan fingerprint density at radius 1 is 1.31 bits per heavy atom. The van der Waals surface area contributed by atoms with Gasteiger partial charge in [-0.05, 0) is 0 Å². The van der Waals surface area contributed by atoms with Crippen molar-refractivity contribution in [3.63, 3.8) is 0 Å². The molecule has 7 nitrogen and oxygen atoms in total. The number of hydrogen-bond acceptors (Lipinski definition) is 4. The quantitative estimate of drug-likeness (QED) is 0.717. The number of H-pyrrole nitrogens is 1. The number of ether oxygens (including phenoxy) is 1. The van der Waals surface area contributed by atoms with Gasteiger partial charge in [-0.3, -0.25) is 13.9 Å². The summed E-state index contributed by atoms with van der Waals surface area (Å²) in [5, 5.41) is 0. The van der Waals surface area contributed by atoms with E-state index in [4.69, 9.17) is 4.74 Å². The predicted octanol–water partition coefficient (Wildman–Crippen LogP) is -0.893. The molecule has 0 radical (unpaired) electrons. The Bertz CT molecular complexity index is 649. The molecule has 0 atom stereocenters. The molecule has 0 amide bonds. The molecule has 2 heterocycles. The highest BCUT2D eigenvalue weighted by atomic mass is 16.5. The molecule has 0 aromatic carbocycles. The molecule has 0 saturated carbocycles. The van der Waals surface area contributed by atoms with Gasteiger partial charge in [0.15, 0.2) is 5.65 Å². The van der Waals surface area contributed by atoms with Crippen LogP contribution in [-0.2, 0) is 25.4 Å². The normalized spacial score (nSPS) is 11.2. The van der Waals surface area contributed by atoms with Gasteiger partial charge in [0.2, 0.25) is 0 Å². The number of hydrogen-bond donors (Lipinski definition) is 1. The molecular formula is C9H12N4O3. The van der Waals surface area contributed by atoms with E-state index >= 15 is 0 Å². The first-order valence-corrected chi connectivity index (χ1v) is 4.69. The van der Waals surface area contributed by atoms with Crippen LogP contribution >= 0.6 is 0 Å². The van der Waals surface area contributed by atoms with Gasteiger partial charge in [-0.25, -0.2) is 9.78 Å². The van der Waals surface area contributed by atoms with Crippen molar-refractivity contribution in [2.45, 2.75) is 6.61 Å². The molecule has 0 aliphatic heterocycles. The minimum absolute atomic E-state index is 0.270. The van der Waals surface area contributed by atoms with E-state index in [9.17, 15) is 9.59 Å². The molecule has 0 aliphatic carbocycles. The highest BCUT2D eigenvalue weighted by Gasteiger charge is 2.12. The summed E-state index contributed by atoms with van der Waals surface area (Å²) in [7, 11) is 4.53. The fourth-order valence-electron chi connectivity index (χ4n) is 1.58. The summed E-state index contributed by atoms with van der Waals surface area (Å²) in [5.74, 6) is 0.524. The highest BCUT2D eigenvalue weighted by molar-refractivity contribution is 5.69.